The summed E-state index contributed by atoms with van der Waals surface area (Å²) in [6, 6.07) is 20.0. The standard InChI is InChI=1S/C23H21FN2O3S.H2N2/c1-15-6-5-7-18(14-15)16(2)22(24)23(27)26-19-12-10-17(11-13-19)20-8-3-4-9-21(20)30(25,28)29;1-2/h3-14H,1-2H3,(H,26,27)(H2,25,28,29);1-2H/b22-16+;. The minimum Gasteiger partial charge on any atom is -0.320 e. The maximum atomic E-state index is 14.6. The molecule has 0 aliphatic heterocycles. The van der Waals surface area contributed by atoms with Gasteiger partial charge in [-0.3, -0.25) is 4.79 Å². The molecule has 0 aliphatic rings. The molecule has 0 atom stereocenters. The van der Waals surface area contributed by atoms with Crippen molar-refractivity contribution < 1.29 is 17.6 Å². The molecule has 3 rings (SSSR count). The van der Waals surface area contributed by atoms with E-state index in [2.05, 4.69) is 5.32 Å². The van der Waals surface area contributed by atoms with Gasteiger partial charge in [-0.15, -0.1) is 0 Å². The lowest BCUT2D eigenvalue weighted by Crippen LogP contribution is -2.13. The van der Waals surface area contributed by atoms with Crippen molar-refractivity contribution >= 4 is 27.2 Å². The maximum Gasteiger partial charge on any atom is 0.284 e. The van der Waals surface area contributed by atoms with E-state index in [1.165, 1.54) is 6.07 Å². The summed E-state index contributed by atoms with van der Waals surface area (Å²) in [6.45, 7) is 3.45. The lowest BCUT2D eigenvalue weighted by atomic mass is 10.0. The van der Waals surface area contributed by atoms with Gasteiger partial charge in [0.2, 0.25) is 10.0 Å². The molecule has 0 saturated heterocycles. The Morgan fingerprint density at radius 2 is 1.59 bits per heavy atom. The highest BCUT2D eigenvalue weighted by atomic mass is 32.2. The summed E-state index contributed by atoms with van der Waals surface area (Å²) >= 11 is 0. The van der Waals surface area contributed by atoms with E-state index in [0.29, 0.717) is 22.4 Å². The van der Waals surface area contributed by atoms with Gasteiger partial charge in [0, 0.05) is 11.3 Å². The fraction of sp³-hybridized carbons (Fsp3) is 0.0870. The second-order valence-corrected chi connectivity index (χ2v) is 8.41. The molecule has 0 unspecified atom stereocenters. The zero-order valence-electron chi connectivity index (χ0n) is 17.5. The molecule has 0 spiro atoms. The van der Waals surface area contributed by atoms with Crippen LogP contribution in [0.25, 0.3) is 16.7 Å². The molecule has 9 heteroatoms. The van der Waals surface area contributed by atoms with Crippen LogP contribution in [0.5, 0.6) is 0 Å². The van der Waals surface area contributed by atoms with Gasteiger partial charge in [0.25, 0.3) is 5.91 Å². The molecule has 32 heavy (non-hydrogen) atoms. The summed E-state index contributed by atoms with van der Waals surface area (Å²) in [5, 5.41) is 7.79. The van der Waals surface area contributed by atoms with E-state index in [1.807, 2.05) is 13.0 Å². The number of aryl methyl sites for hydroxylation is 1. The smallest absolute Gasteiger partial charge is 0.284 e. The van der Waals surface area contributed by atoms with Crippen LogP contribution in [0, 0.1) is 18.0 Å². The normalized spacial score (nSPS) is 11.6. The summed E-state index contributed by atoms with van der Waals surface area (Å²) in [6.07, 6.45) is 0. The first-order valence-corrected chi connectivity index (χ1v) is 10.9. The molecule has 0 bridgehead atoms. The van der Waals surface area contributed by atoms with E-state index in [-0.39, 0.29) is 10.5 Å². The van der Waals surface area contributed by atoms with Gasteiger partial charge >= 0.3 is 0 Å². The Morgan fingerprint density at radius 3 is 2.19 bits per heavy atom. The van der Waals surface area contributed by atoms with Crippen LogP contribution in [-0.2, 0) is 14.8 Å². The Hall–Kier alpha value is -3.69. The minimum absolute atomic E-state index is 0.00421. The number of sulfonamides is 1. The fourth-order valence-corrected chi connectivity index (χ4v) is 3.81. The van der Waals surface area contributed by atoms with Gasteiger partial charge in [-0.2, -0.15) is 0 Å². The number of primary sulfonamides is 1. The molecule has 0 aliphatic carbocycles. The summed E-state index contributed by atoms with van der Waals surface area (Å²) in [7, 11) is -3.89. The second kappa shape index (κ2) is 10.6. The Kier molecular flexibility index (Phi) is 8.11. The predicted molar refractivity (Wildman–Crippen MR) is 122 cm³/mol. The van der Waals surface area contributed by atoms with Crippen LogP contribution in [-0.4, -0.2) is 14.3 Å². The van der Waals surface area contributed by atoms with E-state index in [9.17, 15) is 17.6 Å². The second-order valence-electron chi connectivity index (χ2n) is 6.88. The highest BCUT2D eigenvalue weighted by molar-refractivity contribution is 7.89. The lowest BCUT2D eigenvalue weighted by molar-refractivity contribution is -0.114. The molecule has 0 radical (unpaired) electrons. The molecule has 7 nitrogen and oxygen atoms in total. The van der Waals surface area contributed by atoms with Gasteiger partial charge in [0.15, 0.2) is 5.83 Å². The first-order chi connectivity index (χ1) is 15.2. The van der Waals surface area contributed by atoms with E-state index in [1.54, 1.807) is 67.6 Å². The van der Waals surface area contributed by atoms with Crippen LogP contribution in [0.3, 0.4) is 0 Å². The fourth-order valence-electron chi connectivity index (χ4n) is 3.05. The molecule has 0 heterocycles. The quantitative estimate of drug-likeness (QED) is 0.310. The van der Waals surface area contributed by atoms with E-state index in [0.717, 1.165) is 5.56 Å². The molecular weight excluding hydrogens is 431 g/mol. The predicted octanol–water partition coefficient (Wildman–Crippen LogP) is 5.24. The van der Waals surface area contributed by atoms with Crippen LogP contribution < -0.4 is 10.5 Å². The number of benzene rings is 3. The summed E-state index contributed by atoms with van der Waals surface area (Å²) in [5.74, 6) is -1.73. The third-order valence-corrected chi connectivity index (χ3v) is 5.60. The van der Waals surface area contributed by atoms with Crippen LogP contribution in [0.2, 0.25) is 0 Å². The van der Waals surface area contributed by atoms with Crippen molar-refractivity contribution in [1.82, 2.24) is 0 Å². The lowest BCUT2D eigenvalue weighted by Gasteiger charge is -2.10. The van der Waals surface area contributed by atoms with Gasteiger partial charge in [0.1, 0.15) is 0 Å². The molecule has 3 aromatic carbocycles. The molecule has 0 fully saturated rings. The number of hydrogen-bond acceptors (Lipinski definition) is 5. The Morgan fingerprint density at radius 1 is 0.969 bits per heavy atom. The van der Waals surface area contributed by atoms with Crippen LogP contribution in [0.1, 0.15) is 18.1 Å². The Bertz CT molecular complexity index is 1260. The number of anilines is 1. The maximum absolute atomic E-state index is 14.6. The molecule has 166 valence electrons. The van der Waals surface area contributed by atoms with Crippen molar-refractivity contribution in [2.24, 2.45) is 5.14 Å². The van der Waals surface area contributed by atoms with E-state index < -0.39 is 21.8 Å². The van der Waals surface area contributed by atoms with Gasteiger partial charge in [-0.1, -0.05) is 60.2 Å². The van der Waals surface area contributed by atoms with Crippen molar-refractivity contribution in [2.75, 3.05) is 5.32 Å². The van der Waals surface area contributed by atoms with Crippen molar-refractivity contribution in [2.45, 2.75) is 18.7 Å². The summed E-state index contributed by atoms with van der Waals surface area (Å²) in [5.41, 5.74) is 13.3. The van der Waals surface area contributed by atoms with Gasteiger partial charge in [-0.05, 0) is 48.7 Å². The summed E-state index contributed by atoms with van der Waals surface area (Å²) in [4.78, 5) is 12.3. The number of nitrogens with two attached hydrogens (primary N) is 1. The number of halogens is 1. The zero-order valence-corrected chi connectivity index (χ0v) is 18.3. The first-order valence-electron chi connectivity index (χ1n) is 9.39. The molecule has 1 amide bonds. The SMILES string of the molecule is C/C(=C(\F)C(=O)Nc1ccc(-c2ccccc2S(N)(=O)=O)cc1)c1cccc(C)c1.N=N. The molecular formula is C23H23FN4O3S. The van der Waals surface area contributed by atoms with Crippen LogP contribution >= 0.6 is 0 Å². The largest absolute Gasteiger partial charge is 0.320 e. The van der Waals surface area contributed by atoms with E-state index in [4.69, 9.17) is 16.2 Å². The molecule has 0 aromatic heterocycles. The van der Waals surface area contributed by atoms with Crippen molar-refractivity contribution in [1.29, 1.82) is 11.1 Å². The number of hydrogen-bond donors (Lipinski definition) is 4. The minimum atomic E-state index is -3.89. The van der Waals surface area contributed by atoms with Gasteiger partial charge < -0.3 is 5.32 Å². The van der Waals surface area contributed by atoms with Crippen LogP contribution in [0.4, 0.5) is 10.1 Å². The Labute approximate surface area is 186 Å². The van der Waals surface area contributed by atoms with Crippen molar-refractivity contribution in [3.63, 3.8) is 0 Å². The average Bonchev–Trinajstić information content (AvgIpc) is 2.79. The highest BCUT2D eigenvalue weighted by Gasteiger charge is 2.16. The third kappa shape index (κ3) is 5.93. The number of carbonyl (C=O) groups excluding carboxylic acids is 1. The molecule has 5 N–H and O–H groups in total. The molecule has 0 saturated carbocycles. The topological polar surface area (TPSA) is 137 Å². The number of allylic oxidation sites excluding steroid dienone is 1. The van der Waals surface area contributed by atoms with Gasteiger partial charge in [0.05, 0.1) is 4.90 Å². The first kappa shape index (κ1) is 24.6. The third-order valence-electron chi connectivity index (χ3n) is 4.63. The number of nitrogens with one attached hydrogen (secondary N) is 3. The Balaban J connectivity index is 0.00000176. The van der Waals surface area contributed by atoms with Crippen molar-refractivity contribution in [3.05, 3.63) is 89.8 Å². The number of amides is 1. The average molecular weight is 455 g/mol. The van der Waals surface area contributed by atoms with Gasteiger partial charge in [-0.25, -0.2) is 29.0 Å². The monoisotopic (exact) mass is 454 g/mol. The number of carbonyl (C=O) groups is 1. The highest BCUT2D eigenvalue weighted by Crippen LogP contribution is 2.28. The zero-order chi connectivity index (χ0) is 23.9. The van der Waals surface area contributed by atoms with E-state index >= 15 is 0 Å². The van der Waals surface area contributed by atoms with Crippen molar-refractivity contribution in [3.8, 4) is 11.1 Å². The van der Waals surface area contributed by atoms with Crippen LogP contribution in [0.15, 0.2) is 83.5 Å². The number of rotatable bonds is 5. The summed E-state index contributed by atoms with van der Waals surface area (Å²) < 4.78 is 38.2. The molecule has 3 aromatic rings.